The number of piperidine rings is 1. The Labute approximate surface area is 121 Å². The Kier molecular flexibility index (Phi) is 5.59. The van der Waals surface area contributed by atoms with Crippen molar-refractivity contribution in [2.24, 2.45) is 5.92 Å². The number of likely N-dealkylation sites (tertiary alicyclic amines) is 1. The zero-order valence-corrected chi connectivity index (χ0v) is 12.9. The minimum Gasteiger partial charge on any atom is -0.478 e. The number of hydrogen-bond donors (Lipinski definition) is 1. The van der Waals surface area contributed by atoms with Crippen molar-refractivity contribution in [2.45, 2.75) is 33.6 Å². The lowest BCUT2D eigenvalue weighted by Crippen LogP contribution is -2.36. The van der Waals surface area contributed by atoms with Gasteiger partial charge in [-0.2, -0.15) is 0 Å². The third kappa shape index (κ3) is 4.07. The molecule has 1 aliphatic rings. The first kappa shape index (κ1) is 15.0. The summed E-state index contributed by atoms with van der Waals surface area (Å²) < 4.78 is 5.48. The number of nitrogens with zero attached hydrogens (tertiary/aromatic N) is 3. The Morgan fingerprint density at radius 3 is 2.80 bits per heavy atom. The molecule has 0 amide bonds. The molecule has 1 fully saturated rings. The molecule has 0 bridgehead atoms. The zero-order chi connectivity index (χ0) is 14.4. The summed E-state index contributed by atoms with van der Waals surface area (Å²) in [5.41, 5.74) is 0.988. The first-order chi connectivity index (χ1) is 9.70. The smallest absolute Gasteiger partial charge is 0.221 e. The van der Waals surface area contributed by atoms with Crippen LogP contribution in [0.3, 0.4) is 0 Å². The van der Waals surface area contributed by atoms with Gasteiger partial charge in [-0.05, 0) is 45.7 Å². The van der Waals surface area contributed by atoms with E-state index in [2.05, 4.69) is 27.1 Å². The van der Waals surface area contributed by atoms with Crippen LogP contribution in [0.1, 0.15) is 32.3 Å². The van der Waals surface area contributed by atoms with Crippen LogP contribution in [0.4, 0.5) is 5.82 Å². The highest BCUT2D eigenvalue weighted by atomic mass is 16.5. The topological polar surface area (TPSA) is 50.3 Å². The first-order valence-corrected chi connectivity index (χ1v) is 7.61. The van der Waals surface area contributed by atoms with Crippen molar-refractivity contribution in [3.63, 3.8) is 0 Å². The molecule has 112 valence electrons. The molecule has 2 heterocycles. The fraction of sp³-hybridized carbons (Fsp3) is 0.733. The van der Waals surface area contributed by atoms with Crippen LogP contribution < -0.4 is 10.1 Å². The summed E-state index contributed by atoms with van der Waals surface area (Å²) in [5.74, 6) is 2.45. The van der Waals surface area contributed by atoms with Crippen LogP contribution in [-0.4, -0.2) is 47.7 Å². The van der Waals surface area contributed by atoms with Crippen molar-refractivity contribution in [1.82, 2.24) is 14.9 Å². The van der Waals surface area contributed by atoms with Gasteiger partial charge in [-0.3, -0.25) is 0 Å². The Morgan fingerprint density at radius 1 is 1.35 bits per heavy atom. The van der Waals surface area contributed by atoms with Gasteiger partial charge in [-0.15, -0.1) is 0 Å². The van der Waals surface area contributed by atoms with Gasteiger partial charge < -0.3 is 15.0 Å². The normalized spacial score (nSPS) is 17.1. The monoisotopic (exact) mass is 278 g/mol. The molecule has 0 atom stereocenters. The first-order valence-electron chi connectivity index (χ1n) is 7.61. The van der Waals surface area contributed by atoms with Gasteiger partial charge in [-0.1, -0.05) is 6.92 Å². The number of nitrogens with one attached hydrogen (secondary N) is 1. The Hall–Kier alpha value is -1.36. The van der Waals surface area contributed by atoms with Crippen molar-refractivity contribution >= 4 is 5.82 Å². The second-order valence-corrected chi connectivity index (χ2v) is 5.54. The van der Waals surface area contributed by atoms with Gasteiger partial charge in [0.1, 0.15) is 12.1 Å². The quantitative estimate of drug-likeness (QED) is 0.865. The molecule has 0 unspecified atom stereocenters. The van der Waals surface area contributed by atoms with E-state index in [0.29, 0.717) is 12.5 Å². The minimum atomic E-state index is 0.628. The molecule has 1 N–H and O–H groups in total. The van der Waals surface area contributed by atoms with Crippen LogP contribution in [0, 0.1) is 12.8 Å². The van der Waals surface area contributed by atoms with Crippen LogP contribution in [-0.2, 0) is 0 Å². The van der Waals surface area contributed by atoms with Crippen LogP contribution in [0.2, 0.25) is 0 Å². The summed E-state index contributed by atoms with van der Waals surface area (Å²) in [5, 5.41) is 3.40. The summed E-state index contributed by atoms with van der Waals surface area (Å²) in [6, 6.07) is 0. The lowest BCUT2D eigenvalue weighted by molar-refractivity contribution is 0.199. The van der Waals surface area contributed by atoms with Crippen molar-refractivity contribution in [3.8, 4) is 5.88 Å². The van der Waals surface area contributed by atoms with E-state index in [9.17, 15) is 0 Å². The van der Waals surface area contributed by atoms with Gasteiger partial charge >= 0.3 is 0 Å². The van der Waals surface area contributed by atoms with Gasteiger partial charge in [0.2, 0.25) is 5.88 Å². The minimum absolute atomic E-state index is 0.628. The van der Waals surface area contributed by atoms with E-state index in [-0.39, 0.29) is 0 Å². The number of anilines is 1. The zero-order valence-electron chi connectivity index (χ0n) is 12.9. The SMILES string of the molecule is CCOc1ncnc(NCCN2CCC(C)CC2)c1C. The van der Waals surface area contributed by atoms with Crippen LogP contribution >= 0.6 is 0 Å². The molecule has 1 aliphatic heterocycles. The third-order valence-corrected chi connectivity index (χ3v) is 3.92. The molecule has 0 aromatic carbocycles. The van der Waals surface area contributed by atoms with Crippen molar-refractivity contribution in [3.05, 3.63) is 11.9 Å². The van der Waals surface area contributed by atoms with Crippen molar-refractivity contribution in [1.29, 1.82) is 0 Å². The maximum atomic E-state index is 5.48. The fourth-order valence-electron chi connectivity index (χ4n) is 2.51. The molecule has 20 heavy (non-hydrogen) atoms. The molecule has 2 rings (SSSR count). The number of aromatic nitrogens is 2. The highest BCUT2D eigenvalue weighted by Gasteiger charge is 2.15. The standard InChI is InChI=1S/C15H26N4O/c1-4-20-15-13(3)14(17-11-18-15)16-7-10-19-8-5-12(2)6-9-19/h11-12H,4-10H2,1-3H3,(H,16,17,18). The summed E-state index contributed by atoms with van der Waals surface area (Å²) in [6.07, 6.45) is 4.20. The predicted molar refractivity (Wildman–Crippen MR) is 81.3 cm³/mol. The Balaban J connectivity index is 1.80. The largest absolute Gasteiger partial charge is 0.478 e. The van der Waals surface area contributed by atoms with E-state index in [0.717, 1.165) is 30.4 Å². The average molecular weight is 278 g/mol. The summed E-state index contributed by atoms with van der Waals surface area (Å²) in [6.45, 7) is 11.4. The van der Waals surface area contributed by atoms with Gasteiger partial charge in [0.05, 0.1) is 12.2 Å². The maximum absolute atomic E-state index is 5.48. The predicted octanol–water partition coefficient (Wildman–Crippen LogP) is 2.33. The summed E-state index contributed by atoms with van der Waals surface area (Å²) in [4.78, 5) is 11.0. The highest BCUT2D eigenvalue weighted by molar-refractivity contribution is 5.47. The molecular formula is C15H26N4O. The maximum Gasteiger partial charge on any atom is 0.221 e. The van der Waals surface area contributed by atoms with E-state index in [4.69, 9.17) is 4.74 Å². The fourth-order valence-corrected chi connectivity index (χ4v) is 2.51. The summed E-state index contributed by atoms with van der Waals surface area (Å²) in [7, 11) is 0. The summed E-state index contributed by atoms with van der Waals surface area (Å²) >= 11 is 0. The van der Waals surface area contributed by atoms with E-state index >= 15 is 0 Å². The van der Waals surface area contributed by atoms with Crippen LogP contribution in [0.25, 0.3) is 0 Å². The molecule has 1 saturated heterocycles. The lowest BCUT2D eigenvalue weighted by Gasteiger charge is -2.30. The number of ether oxygens (including phenoxy) is 1. The van der Waals surface area contributed by atoms with E-state index in [1.54, 1.807) is 6.33 Å². The molecule has 1 aromatic heterocycles. The van der Waals surface area contributed by atoms with Gasteiger partial charge in [0.25, 0.3) is 0 Å². The van der Waals surface area contributed by atoms with Gasteiger partial charge in [0, 0.05) is 13.1 Å². The van der Waals surface area contributed by atoms with Crippen LogP contribution in [0.15, 0.2) is 6.33 Å². The second-order valence-electron chi connectivity index (χ2n) is 5.54. The van der Waals surface area contributed by atoms with Crippen LogP contribution in [0.5, 0.6) is 5.88 Å². The molecule has 5 heteroatoms. The van der Waals surface area contributed by atoms with Gasteiger partial charge in [-0.25, -0.2) is 9.97 Å². The Morgan fingerprint density at radius 2 is 2.10 bits per heavy atom. The van der Waals surface area contributed by atoms with E-state index in [1.165, 1.54) is 25.9 Å². The van der Waals surface area contributed by atoms with E-state index in [1.807, 2.05) is 13.8 Å². The lowest BCUT2D eigenvalue weighted by atomic mass is 9.99. The Bertz CT molecular complexity index is 416. The van der Waals surface area contributed by atoms with E-state index < -0.39 is 0 Å². The second kappa shape index (κ2) is 7.43. The number of rotatable bonds is 6. The molecule has 5 nitrogen and oxygen atoms in total. The van der Waals surface area contributed by atoms with Gasteiger partial charge in [0.15, 0.2) is 0 Å². The molecule has 1 aromatic rings. The average Bonchev–Trinajstić information content (AvgIpc) is 2.45. The molecule has 0 saturated carbocycles. The molecule has 0 aliphatic carbocycles. The van der Waals surface area contributed by atoms with Crippen molar-refractivity contribution < 1.29 is 4.74 Å². The molecule has 0 radical (unpaired) electrons. The van der Waals surface area contributed by atoms with Crippen molar-refractivity contribution in [2.75, 3.05) is 38.1 Å². The molecular weight excluding hydrogens is 252 g/mol. The third-order valence-electron chi connectivity index (χ3n) is 3.92. The molecule has 0 spiro atoms. The number of hydrogen-bond acceptors (Lipinski definition) is 5. The highest BCUT2D eigenvalue weighted by Crippen LogP contribution is 2.20.